The number of aliphatic hydroxyl groups excluding tert-OH is 1. The maximum Gasteiger partial charge on any atom is 0.137 e. The molecule has 1 aromatic carbocycles. The van der Waals surface area contributed by atoms with Crippen LogP contribution < -0.4 is 5.32 Å². The summed E-state index contributed by atoms with van der Waals surface area (Å²) in [5, 5.41) is 12.5. The maximum atomic E-state index is 13.2. The van der Waals surface area contributed by atoms with Gasteiger partial charge in [-0.3, -0.25) is 0 Å². The largest absolute Gasteiger partial charge is 0.396 e. The number of benzene rings is 1. The molecule has 0 spiro atoms. The van der Waals surface area contributed by atoms with Crippen molar-refractivity contribution in [1.29, 1.82) is 0 Å². The molecule has 0 unspecified atom stereocenters. The summed E-state index contributed by atoms with van der Waals surface area (Å²) in [7, 11) is 0. The number of rotatable bonds is 6. The van der Waals surface area contributed by atoms with Crippen LogP contribution in [-0.2, 0) is 0 Å². The molecule has 0 saturated heterocycles. The molecule has 2 rings (SSSR count). The van der Waals surface area contributed by atoms with Crippen LogP contribution in [0.3, 0.4) is 0 Å². The van der Waals surface area contributed by atoms with Gasteiger partial charge in [0.05, 0.1) is 5.52 Å². The zero-order chi connectivity index (χ0) is 12.8. The van der Waals surface area contributed by atoms with E-state index < -0.39 is 0 Å². The van der Waals surface area contributed by atoms with Crippen LogP contribution in [0.15, 0.2) is 24.5 Å². The summed E-state index contributed by atoms with van der Waals surface area (Å²) in [5.41, 5.74) is 0.726. The van der Waals surface area contributed by atoms with Crippen LogP contribution in [0.5, 0.6) is 0 Å². The Bertz CT molecular complexity index is 519. The second kappa shape index (κ2) is 6.26. The van der Waals surface area contributed by atoms with Gasteiger partial charge < -0.3 is 10.4 Å². The third-order valence-corrected chi connectivity index (χ3v) is 2.72. The molecule has 0 saturated carbocycles. The summed E-state index contributed by atoms with van der Waals surface area (Å²) in [5.74, 6) is 0.365. The lowest BCUT2D eigenvalue weighted by Crippen LogP contribution is -2.04. The lowest BCUT2D eigenvalue weighted by atomic mass is 10.2. The highest BCUT2D eigenvalue weighted by molar-refractivity contribution is 5.88. The summed E-state index contributed by atoms with van der Waals surface area (Å²) in [6, 6.07) is 4.47. The van der Waals surface area contributed by atoms with E-state index >= 15 is 0 Å². The number of nitrogens with zero attached hydrogens (tertiary/aromatic N) is 2. The van der Waals surface area contributed by atoms with Gasteiger partial charge in [0.25, 0.3) is 0 Å². The Morgan fingerprint density at radius 2 is 2.06 bits per heavy atom. The normalized spacial score (nSPS) is 10.8. The molecule has 0 bridgehead atoms. The fourth-order valence-corrected chi connectivity index (χ4v) is 1.79. The predicted molar refractivity (Wildman–Crippen MR) is 68.9 cm³/mol. The Labute approximate surface area is 105 Å². The van der Waals surface area contributed by atoms with E-state index in [1.807, 2.05) is 0 Å². The van der Waals surface area contributed by atoms with E-state index in [4.69, 9.17) is 5.11 Å². The molecule has 18 heavy (non-hydrogen) atoms. The summed E-state index contributed by atoms with van der Waals surface area (Å²) in [6.07, 6.45) is 4.18. The summed E-state index contributed by atoms with van der Waals surface area (Å²) < 4.78 is 13.2. The van der Waals surface area contributed by atoms with Gasteiger partial charge in [-0.15, -0.1) is 0 Å². The van der Waals surface area contributed by atoms with Crippen molar-refractivity contribution in [3.8, 4) is 0 Å². The average molecular weight is 249 g/mol. The second-order valence-electron chi connectivity index (χ2n) is 4.09. The lowest BCUT2D eigenvalue weighted by molar-refractivity contribution is 0.283. The molecule has 5 heteroatoms. The monoisotopic (exact) mass is 249 g/mol. The van der Waals surface area contributed by atoms with Crippen molar-refractivity contribution >= 4 is 16.7 Å². The molecule has 0 amide bonds. The number of unbranched alkanes of at least 4 members (excludes halogenated alkanes) is 2. The topological polar surface area (TPSA) is 58.0 Å². The summed E-state index contributed by atoms with van der Waals surface area (Å²) in [6.45, 7) is 0.976. The van der Waals surface area contributed by atoms with E-state index in [2.05, 4.69) is 15.3 Å². The molecule has 0 aliphatic heterocycles. The molecule has 2 N–H and O–H groups in total. The van der Waals surface area contributed by atoms with Crippen LogP contribution in [0.25, 0.3) is 10.9 Å². The third kappa shape index (κ3) is 3.13. The lowest BCUT2D eigenvalue weighted by Gasteiger charge is -2.07. The first-order valence-electron chi connectivity index (χ1n) is 6.06. The van der Waals surface area contributed by atoms with Gasteiger partial charge in [0.15, 0.2) is 0 Å². The molecule has 0 atom stereocenters. The maximum absolute atomic E-state index is 13.2. The zero-order valence-electron chi connectivity index (χ0n) is 10.1. The Balaban J connectivity index is 2.05. The van der Waals surface area contributed by atoms with Gasteiger partial charge in [0.1, 0.15) is 18.0 Å². The van der Waals surface area contributed by atoms with Gasteiger partial charge in [0, 0.05) is 18.5 Å². The van der Waals surface area contributed by atoms with Gasteiger partial charge in [0.2, 0.25) is 0 Å². The number of halogens is 1. The predicted octanol–water partition coefficient (Wildman–Crippen LogP) is 2.34. The summed E-state index contributed by atoms with van der Waals surface area (Å²) in [4.78, 5) is 8.22. The minimum atomic E-state index is -0.291. The quantitative estimate of drug-likeness (QED) is 0.771. The molecule has 0 aliphatic rings. The van der Waals surface area contributed by atoms with Crippen LogP contribution in [0.4, 0.5) is 10.2 Å². The molecule has 0 aliphatic carbocycles. The number of aliphatic hydroxyl groups is 1. The van der Waals surface area contributed by atoms with Crippen molar-refractivity contribution in [3.05, 3.63) is 30.3 Å². The fraction of sp³-hybridized carbons (Fsp3) is 0.385. The molecule has 1 aromatic heterocycles. The van der Waals surface area contributed by atoms with Crippen molar-refractivity contribution in [1.82, 2.24) is 9.97 Å². The molecular weight excluding hydrogens is 233 g/mol. The van der Waals surface area contributed by atoms with Crippen LogP contribution in [-0.4, -0.2) is 28.2 Å². The minimum absolute atomic E-state index is 0.224. The van der Waals surface area contributed by atoms with Crippen molar-refractivity contribution in [2.24, 2.45) is 0 Å². The van der Waals surface area contributed by atoms with Gasteiger partial charge in [-0.25, -0.2) is 14.4 Å². The SMILES string of the molecule is OCCCCCNc1ncnc2ccc(F)cc12. The third-order valence-electron chi connectivity index (χ3n) is 2.72. The molecule has 0 fully saturated rings. The molecule has 96 valence electrons. The number of nitrogens with one attached hydrogen (secondary N) is 1. The molecule has 2 aromatic rings. The van der Waals surface area contributed by atoms with Crippen molar-refractivity contribution in [2.75, 3.05) is 18.5 Å². The van der Waals surface area contributed by atoms with Gasteiger partial charge in [-0.2, -0.15) is 0 Å². The van der Waals surface area contributed by atoms with E-state index in [9.17, 15) is 4.39 Å². The Hall–Kier alpha value is -1.75. The van der Waals surface area contributed by atoms with E-state index in [0.717, 1.165) is 31.3 Å². The van der Waals surface area contributed by atoms with Crippen molar-refractivity contribution in [2.45, 2.75) is 19.3 Å². The van der Waals surface area contributed by atoms with Gasteiger partial charge >= 0.3 is 0 Å². The molecule has 1 heterocycles. The number of fused-ring (bicyclic) bond motifs is 1. The highest BCUT2D eigenvalue weighted by atomic mass is 19.1. The Kier molecular flexibility index (Phi) is 4.41. The van der Waals surface area contributed by atoms with Crippen molar-refractivity contribution in [3.63, 3.8) is 0 Å². The van der Waals surface area contributed by atoms with Gasteiger partial charge in [-0.1, -0.05) is 0 Å². The fourth-order valence-electron chi connectivity index (χ4n) is 1.79. The van der Waals surface area contributed by atoms with Crippen LogP contribution >= 0.6 is 0 Å². The average Bonchev–Trinajstić information content (AvgIpc) is 2.39. The van der Waals surface area contributed by atoms with E-state index in [-0.39, 0.29) is 12.4 Å². The first kappa shape index (κ1) is 12.7. The number of anilines is 1. The molecular formula is C13H16FN3O. The van der Waals surface area contributed by atoms with E-state index in [1.165, 1.54) is 18.5 Å². The Morgan fingerprint density at radius 3 is 2.89 bits per heavy atom. The van der Waals surface area contributed by atoms with Crippen LogP contribution in [0.2, 0.25) is 0 Å². The standard InChI is InChI=1S/C13H16FN3O/c14-10-4-5-12-11(8-10)13(17-9-16-12)15-6-2-1-3-7-18/h4-5,8-9,18H,1-3,6-7H2,(H,15,16,17). The number of hydrogen-bond donors (Lipinski definition) is 2. The van der Waals surface area contributed by atoms with Crippen LogP contribution in [0.1, 0.15) is 19.3 Å². The highest BCUT2D eigenvalue weighted by Gasteiger charge is 2.04. The smallest absolute Gasteiger partial charge is 0.137 e. The summed E-state index contributed by atoms with van der Waals surface area (Å²) >= 11 is 0. The van der Waals surface area contributed by atoms with Crippen LogP contribution in [0, 0.1) is 5.82 Å². The minimum Gasteiger partial charge on any atom is -0.396 e. The van der Waals surface area contributed by atoms with E-state index in [0.29, 0.717) is 11.2 Å². The first-order valence-corrected chi connectivity index (χ1v) is 6.06. The van der Waals surface area contributed by atoms with Crippen molar-refractivity contribution < 1.29 is 9.50 Å². The van der Waals surface area contributed by atoms with E-state index in [1.54, 1.807) is 6.07 Å². The zero-order valence-corrected chi connectivity index (χ0v) is 10.1. The Morgan fingerprint density at radius 1 is 1.17 bits per heavy atom. The second-order valence-corrected chi connectivity index (χ2v) is 4.09. The molecule has 0 radical (unpaired) electrons. The number of aromatic nitrogens is 2. The van der Waals surface area contributed by atoms with Gasteiger partial charge in [-0.05, 0) is 37.5 Å². The first-order chi connectivity index (χ1) is 8.81. The number of hydrogen-bond acceptors (Lipinski definition) is 4. The molecule has 4 nitrogen and oxygen atoms in total. The highest BCUT2D eigenvalue weighted by Crippen LogP contribution is 2.19.